The monoisotopic (exact) mass is 357 g/mol. The van der Waals surface area contributed by atoms with Gasteiger partial charge in [0.05, 0.1) is 25.6 Å². The van der Waals surface area contributed by atoms with Crippen LogP contribution >= 0.6 is 0 Å². The average molecular weight is 357 g/mol. The predicted molar refractivity (Wildman–Crippen MR) is 97.5 cm³/mol. The van der Waals surface area contributed by atoms with Gasteiger partial charge in [0.2, 0.25) is 11.8 Å². The first-order chi connectivity index (χ1) is 12.6. The Morgan fingerprint density at radius 2 is 1.85 bits per heavy atom. The van der Waals surface area contributed by atoms with Gasteiger partial charge >= 0.3 is 0 Å². The topological polar surface area (TPSA) is 75.9 Å². The number of hydrogen-bond donors (Lipinski definition) is 1. The van der Waals surface area contributed by atoms with Crippen LogP contribution in [0.3, 0.4) is 0 Å². The number of amides is 2. The third kappa shape index (κ3) is 2.96. The summed E-state index contributed by atoms with van der Waals surface area (Å²) in [6.07, 6.45) is 5.52. The van der Waals surface area contributed by atoms with E-state index in [1.165, 1.54) is 25.7 Å². The lowest BCUT2D eigenvalue weighted by atomic mass is 9.92. The molecule has 0 bridgehead atoms. The van der Waals surface area contributed by atoms with Crippen LogP contribution in [0.15, 0.2) is 24.3 Å². The van der Waals surface area contributed by atoms with E-state index in [1.54, 1.807) is 7.11 Å². The van der Waals surface area contributed by atoms with Gasteiger partial charge in [-0.25, -0.2) is 0 Å². The second-order valence-corrected chi connectivity index (χ2v) is 7.79. The summed E-state index contributed by atoms with van der Waals surface area (Å²) in [6.45, 7) is 1.31. The number of nitrogens with two attached hydrogens (primary N) is 1. The molecule has 2 amide bonds. The van der Waals surface area contributed by atoms with Crippen LogP contribution in [0.1, 0.15) is 43.7 Å². The molecule has 2 aliphatic heterocycles. The number of carbonyl (C=O) groups excluding carboxylic acids is 2. The minimum absolute atomic E-state index is 0.0708. The lowest BCUT2D eigenvalue weighted by Crippen LogP contribution is -2.56. The van der Waals surface area contributed by atoms with Crippen molar-refractivity contribution < 1.29 is 14.3 Å². The van der Waals surface area contributed by atoms with Crippen molar-refractivity contribution in [2.75, 3.05) is 20.2 Å². The quantitative estimate of drug-likeness (QED) is 0.890. The average Bonchev–Trinajstić information content (AvgIpc) is 3.29. The molecule has 1 saturated carbocycles. The Balaban J connectivity index is 1.61. The Labute approximate surface area is 154 Å². The van der Waals surface area contributed by atoms with Gasteiger partial charge in [0.25, 0.3) is 0 Å². The molecule has 1 aromatic rings. The predicted octanol–water partition coefficient (Wildman–Crippen LogP) is 1.70. The molecular weight excluding hydrogens is 330 g/mol. The zero-order valence-electron chi connectivity index (χ0n) is 15.3. The first-order valence-electron chi connectivity index (χ1n) is 9.57. The van der Waals surface area contributed by atoms with E-state index in [0.717, 1.165) is 17.9 Å². The highest BCUT2D eigenvalue weighted by Gasteiger charge is 2.50. The molecule has 6 nitrogen and oxygen atoms in total. The molecule has 1 aliphatic carbocycles. The highest BCUT2D eigenvalue weighted by Crippen LogP contribution is 2.43. The van der Waals surface area contributed by atoms with Gasteiger partial charge in [0.1, 0.15) is 5.75 Å². The summed E-state index contributed by atoms with van der Waals surface area (Å²) in [5, 5.41) is 0. The standard InChI is InChI=1S/C20H27N3O3/c1-26-16-8-6-13(7-9-16)19-17(20(21)25)10-15-11-22(12-18(24)23(15)19)14-4-2-3-5-14/h6-9,14-15,17,19H,2-5,10-12H2,1H3,(H2,21,25)/t15-,17-,19-/m1/s1. The smallest absolute Gasteiger partial charge is 0.237 e. The molecule has 0 unspecified atom stereocenters. The third-order valence-corrected chi connectivity index (χ3v) is 6.34. The third-order valence-electron chi connectivity index (χ3n) is 6.34. The molecule has 0 spiro atoms. The van der Waals surface area contributed by atoms with Gasteiger partial charge in [-0.1, -0.05) is 25.0 Å². The molecular formula is C20H27N3O3. The van der Waals surface area contributed by atoms with E-state index in [-0.39, 0.29) is 29.8 Å². The van der Waals surface area contributed by atoms with Crippen LogP contribution < -0.4 is 10.5 Å². The molecule has 0 aromatic heterocycles. The minimum Gasteiger partial charge on any atom is -0.497 e. The molecule has 3 aliphatic rings. The zero-order valence-corrected chi connectivity index (χ0v) is 15.3. The number of piperazine rings is 1. The van der Waals surface area contributed by atoms with Crippen LogP contribution in [0.2, 0.25) is 0 Å². The molecule has 2 saturated heterocycles. The lowest BCUT2D eigenvalue weighted by Gasteiger charge is -2.42. The molecule has 2 N–H and O–H groups in total. The van der Waals surface area contributed by atoms with E-state index in [2.05, 4.69) is 4.90 Å². The zero-order chi connectivity index (χ0) is 18.3. The highest BCUT2D eigenvalue weighted by atomic mass is 16.5. The Morgan fingerprint density at radius 1 is 1.15 bits per heavy atom. The van der Waals surface area contributed by atoms with Crippen LogP contribution in [-0.2, 0) is 9.59 Å². The molecule has 26 heavy (non-hydrogen) atoms. The van der Waals surface area contributed by atoms with E-state index in [0.29, 0.717) is 19.0 Å². The van der Waals surface area contributed by atoms with Gasteiger partial charge in [0.15, 0.2) is 0 Å². The van der Waals surface area contributed by atoms with Crippen molar-refractivity contribution in [2.45, 2.75) is 50.2 Å². The van der Waals surface area contributed by atoms with E-state index in [4.69, 9.17) is 10.5 Å². The van der Waals surface area contributed by atoms with E-state index in [1.807, 2.05) is 29.2 Å². The van der Waals surface area contributed by atoms with E-state index in [9.17, 15) is 9.59 Å². The first-order valence-corrected chi connectivity index (χ1v) is 9.57. The summed E-state index contributed by atoms with van der Waals surface area (Å²) in [5.74, 6) is 0.232. The lowest BCUT2D eigenvalue weighted by molar-refractivity contribution is -0.142. The van der Waals surface area contributed by atoms with Crippen LogP contribution in [0.4, 0.5) is 0 Å². The van der Waals surface area contributed by atoms with Gasteiger partial charge < -0.3 is 15.4 Å². The molecule has 140 valence electrons. The normalized spacial score (nSPS) is 29.8. The number of primary amides is 1. The number of hydrogen-bond acceptors (Lipinski definition) is 4. The van der Waals surface area contributed by atoms with Gasteiger partial charge in [-0.2, -0.15) is 0 Å². The molecule has 1 aromatic carbocycles. The second-order valence-electron chi connectivity index (χ2n) is 7.79. The fraction of sp³-hybridized carbons (Fsp3) is 0.600. The van der Waals surface area contributed by atoms with Crippen molar-refractivity contribution in [2.24, 2.45) is 11.7 Å². The number of fused-ring (bicyclic) bond motifs is 1. The van der Waals surface area contributed by atoms with Crippen LogP contribution in [0.5, 0.6) is 5.75 Å². The number of ether oxygens (including phenoxy) is 1. The van der Waals surface area contributed by atoms with Crippen LogP contribution in [0, 0.1) is 5.92 Å². The highest BCUT2D eigenvalue weighted by molar-refractivity contribution is 5.84. The van der Waals surface area contributed by atoms with Crippen molar-refractivity contribution in [1.82, 2.24) is 9.80 Å². The SMILES string of the molecule is COc1ccc([C@@H]2[C@H](C(N)=O)C[C@@H]3CN(C4CCCC4)CC(=O)N32)cc1. The number of benzene rings is 1. The largest absolute Gasteiger partial charge is 0.497 e. The van der Waals surface area contributed by atoms with Crippen molar-refractivity contribution >= 4 is 11.8 Å². The Morgan fingerprint density at radius 3 is 2.46 bits per heavy atom. The molecule has 3 atom stereocenters. The van der Waals surface area contributed by atoms with Gasteiger partial charge in [-0.05, 0) is 37.0 Å². The number of nitrogens with zero attached hydrogens (tertiary/aromatic N) is 2. The molecule has 2 heterocycles. The number of methoxy groups -OCH3 is 1. The summed E-state index contributed by atoms with van der Waals surface area (Å²) in [4.78, 5) is 29.4. The van der Waals surface area contributed by atoms with Crippen molar-refractivity contribution in [3.8, 4) is 5.75 Å². The van der Waals surface area contributed by atoms with Crippen molar-refractivity contribution in [3.63, 3.8) is 0 Å². The Bertz CT molecular complexity index is 684. The first kappa shape index (κ1) is 17.3. The molecule has 3 fully saturated rings. The Hall–Kier alpha value is -2.08. The maximum atomic E-state index is 13.0. The maximum absolute atomic E-state index is 13.0. The summed E-state index contributed by atoms with van der Waals surface area (Å²) in [5.41, 5.74) is 6.68. The van der Waals surface area contributed by atoms with Crippen LogP contribution in [0.25, 0.3) is 0 Å². The van der Waals surface area contributed by atoms with Crippen LogP contribution in [-0.4, -0.2) is 53.9 Å². The molecule has 4 rings (SSSR count). The maximum Gasteiger partial charge on any atom is 0.237 e. The summed E-state index contributed by atoms with van der Waals surface area (Å²) in [6, 6.07) is 7.97. The van der Waals surface area contributed by atoms with Gasteiger partial charge in [-0.3, -0.25) is 14.5 Å². The van der Waals surface area contributed by atoms with E-state index >= 15 is 0 Å². The van der Waals surface area contributed by atoms with Crippen molar-refractivity contribution in [1.29, 1.82) is 0 Å². The van der Waals surface area contributed by atoms with Gasteiger partial charge in [0, 0.05) is 18.6 Å². The van der Waals surface area contributed by atoms with Gasteiger partial charge in [-0.15, -0.1) is 0 Å². The molecule has 6 heteroatoms. The Kier molecular flexibility index (Phi) is 4.61. The minimum atomic E-state index is -0.333. The number of carbonyl (C=O) groups is 2. The van der Waals surface area contributed by atoms with E-state index < -0.39 is 0 Å². The molecule has 0 radical (unpaired) electrons. The fourth-order valence-electron chi connectivity index (χ4n) is 5.08. The second kappa shape index (κ2) is 6.91. The summed E-state index contributed by atoms with van der Waals surface area (Å²) in [7, 11) is 1.62. The number of rotatable bonds is 4. The summed E-state index contributed by atoms with van der Waals surface area (Å²) >= 11 is 0. The fourth-order valence-corrected chi connectivity index (χ4v) is 5.08. The van der Waals surface area contributed by atoms with Crippen molar-refractivity contribution in [3.05, 3.63) is 29.8 Å². The summed E-state index contributed by atoms with van der Waals surface area (Å²) < 4.78 is 5.23.